The Hall–Kier alpha value is -4.88. The lowest BCUT2D eigenvalue weighted by molar-refractivity contribution is 0.597. The van der Waals surface area contributed by atoms with Gasteiger partial charge in [-0.25, -0.2) is 0 Å². The van der Waals surface area contributed by atoms with Gasteiger partial charge in [-0.2, -0.15) is 0 Å². The van der Waals surface area contributed by atoms with E-state index in [2.05, 4.69) is 187 Å². The van der Waals surface area contributed by atoms with E-state index in [0.29, 0.717) is 0 Å². The molecule has 232 valence electrons. The van der Waals surface area contributed by atoms with Gasteiger partial charge >= 0.3 is 0 Å². The van der Waals surface area contributed by atoms with Gasteiger partial charge in [0.1, 0.15) is 0 Å². The molecule has 0 aromatic heterocycles. The first-order valence-corrected chi connectivity index (χ1v) is 17.0. The summed E-state index contributed by atoms with van der Waals surface area (Å²) in [6.45, 7) is 16.2. The van der Waals surface area contributed by atoms with Gasteiger partial charge in [0.25, 0.3) is 0 Å². The maximum atomic E-state index is 2.53. The van der Waals surface area contributed by atoms with E-state index in [1.165, 1.54) is 78.3 Å². The topological polar surface area (TPSA) is 3.24 Å². The van der Waals surface area contributed by atoms with Gasteiger partial charge in [0.15, 0.2) is 0 Å². The molecule has 0 amide bonds. The predicted octanol–water partition coefficient (Wildman–Crippen LogP) is 12.6. The third-order valence-electron chi connectivity index (χ3n) is 11.0. The lowest BCUT2D eigenvalue weighted by atomic mass is 9.66. The Bertz CT molecular complexity index is 2160. The van der Waals surface area contributed by atoms with Crippen molar-refractivity contribution in [3.63, 3.8) is 0 Å². The molecule has 0 bridgehead atoms. The van der Waals surface area contributed by atoms with Crippen LogP contribution < -0.4 is 4.90 Å². The normalized spacial score (nSPS) is 17.7. The number of allylic oxidation sites excluding steroid dienone is 6. The highest BCUT2D eigenvalue weighted by Crippen LogP contribution is 2.60. The average molecular weight is 610 g/mol. The predicted molar refractivity (Wildman–Crippen MR) is 201 cm³/mol. The highest BCUT2D eigenvalue weighted by Gasteiger charge is 2.45. The molecule has 0 unspecified atom stereocenters. The summed E-state index contributed by atoms with van der Waals surface area (Å²) in [5.41, 5.74) is 18.3. The van der Waals surface area contributed by atoms with Crippen LogP contribution in [0.3, 0.4) is 0 Å². The first-order valence-electron chi connectivity index (χ1n) is 17.0. The average Bonchev–Trinajstić information content (AvgIpc) is 3.33. The number of nitrogens with zero attached hydrogens (tertiary/aromatic N) is 1. The number of hydrogen-bond donors (Lipinski definition) is 0. The van der Waals surface area contributed by atoms with Gasteiger partial charge in [0, 0.05) is 16.2 Å². The zero-order valence-electron chi connectivity index (χ0n) is 28.6. The lowest BCUT2D eigenvalue weighted by Crippen LogP contribution is -2.38. The van der Waals surface area contributed by atoms with Gasteiger partial charge in [-0.05, 0) is 92.4 Å². The molecule has 5 aromatic carbocycles. The smallest absolute Gasteiger partial charge is 0.0543 e. The first kappa shape index (κ1) is 29.5. The molecular weight excluding hydrogens is 567 g/mol. The number of fused-ring (bicyclic) bond motifs is 5. The Morgan fingerprint density at radius 2 is 1.06 bits per heavy atom. The minimum Gasteiger partial charge on any atom is -0.309 e. The standard InChI is InChI=1S/C46H43N/c1-8-9-10-14-34-29-44(2,3)39-27-32(23-25-35(34)39)30-19-21-31(22-20-30)33-24-26-42-40(28-33)46(6,7)38-17-13-16-37-43(38)47(42)41-18-12-11-15-36(41)45(37,4)5/h8-29H,1-7H3/b9-8-,14-10-. The van der Waals surface area contributed by atoms with Crippen LogP contribution in [0, 0.1) is 0 Å². The Morgan fingerprint density at radius 1 is 0.511 bits per heavy atom. The molecule has 0 N–H and O–H groups in total. The van der Waals surface area contributed by atoms with Crippen molar-refractivity contribution >= 4 is 22.6 Å². The second-order valence-corrected chi connectivity index (χ2v) is 15.1. The van der Waals surface area contributed by atoms with E-state index in [-0.39, 0.29) is 16.2 Å². The van der Waals surface area contributed by atoms with Crippen molar-refractivity contribution in [1.29, 1.82) is 0 Å². The maximum absolute atomic E-state index is 2.53. The summed E-state index contributed by atoms with van der Waals surface area (Å²) in [6.07, 6.45) is 10.9. The molecule has 0 spiro atoms. The zero-order valence-corrected chi connectivity index (χ0v) is 28.6. The van der Waals surface area contributed by atoms with E-state index < -0.39 is 0 Å². The third kappa shape index (κ3) is 4.36. The monoisotopic (exact) mass is 609 g/mol. The number of rotatable bonds is 4. The number of para-hydroxylation sites is 2. The molecule has 0 saturated heterocycles. The molecule has 2 heterocycles. The van der Waals surface area contributed by atoms with Gasteiger partial charge in [-0.3, -0.25) is 0 Å². The Labute approximate surface area is 280 Å². The summed E-state index contributed by atoms with van der Waals surface area (Å²) in [5.74, 6) is 0. The van der Waals surface area contributed by atoms with E-state index in [1.807, 2.05) is 0 Å². The van der Waals surface area contributed by atoms with E-state index >= 15 is 0 Å². The van der Waals surface area contributed by atoms with Crippen molar-refractivity contribution < 1.29 is 0 Å². The summed E-state index contributed by atoms with van der Waals surface area (Å²) in [7, 11) is 0. The molecule has 0 radical (unpaired) electrons. The number of hydrogen-bond acceptors (Lipinski definition) is 1. The van der Waals surface area contributed by atoms with Gasteiger partial charge in [0.2, 0.25) is 0 Å². The fourth-order valence-electron chi connectivity index (χ4n) is 8.38. The second-order valence-electron chi connectivity index (χ2n) is 15.1. The van der Waals surface area contributed by atoms with Crippen LogP contribution in [0.5, 0.6) is 0 Å². The molecule has 1 nitrogen and oxygen atoms in total. The summed E-state index contributed by atoms with van der Waals surface area (Å²) < 4.78 is 0. The molecule has 1 aliphatic carbocycles. The molecule has 0 saturated carbocycles. The van der Waals surface area contributed by atoms with Gasteiger partial charge in [0.05, 0.1) is 17.1 Å². The molecule has 2 aliphatic heterocycles. The largest absolute Gasteiger partial charge is 0.309 e. The van der Waals surface area contributed by atoms with Crippen LogP contribution in [0.2, 0.25) is 0 Å². The first-order chi connectivity index (χ1) is 22.5. The molecule has 3 aliphatic rings. The zero-order chi connectivity index (χ0) is 32.7. The highest BCUT2D eigenvalue weighted by atomic mass is 15.2. The van der Waals surface area contributed by atoms with Crippen LogP contribution in [0.4, 0.5) is 17.1 Å². The molecule has 1 heteroatoms. The van der Waals surface area contributed by atoms with Crippen molar-refractivity contribution in [2.75, 3.05) is 4.90 Å². The third-order valence-corrected chi connectivity index (χ3v) is 11.0. The van der Waals surface area contributed by atoms with E-state index in [4.69, 9.17) is 0 Å². The molecule has 5 aromatic rings. The van der Waals surface area contributed by atoms with E-state index in [9.17, 15) is 0 Å². The SMILES string of the molecule is C/C=C\C=C/C1=CC(C)(C)c2cc(-c3ccc(-c4ccc5c(c4)C(C)(C)c4cccc6c4N5c4ccccc4C6(C)C)cc3)ccc21. The van der Waals surface area contributed by atoms with Crippen LogP contribution in [-0.4, -0.2) is 0 Å². The summed E-state index contributed by atoms with van der Waals surface area (Å²) >= 11 is 0. The van der Waals surface area contributed by atoms with E-state index in [1.54, 1.807) is 0 Å². The Kier molecular flexibility index (Phi) is 6.48. The Balaban J connectivity index is 1.17. The van der Waals surface area contributed by atoms with Crippen molar-refractivity contribution in [2.24, 2.45) is 0 Å². The lowest BCUT2D eigenvalue weighted by Gasteiger charge is -2.49. The summed E-state index contributed by atoms with van der Waals surface area (Å²) in [5, 5.41) is 0. The van der Waals surface area contributed by atoms with Gasteiger partial charge < -0.3 is 4.90 Å². The molecule has 0 atom stereocenters. The van der Waals surface area contributed by atoms with Crippen molar-refractivity contribution in [3.05, 3.63) is 167 Å². The van der Waals surface area contributed by atoms with Gasteiger partial charge in [-0.1, -0.05) is 151 Å². The van der Waals surface area contributed by atoms with E-state index in [0.717, 1.165) is 0 Å². The second kappa shape index (κ2) is 10.3. The fourth-order valence-corrected chi connectivity index (χ4v) is 8.38. The molecule has 0 fully saturated rings. The van der Waals surface area contributed by atoms with Crippen LogP contribution in [-0.2, 0) is 16.2 Å². The molecular formula is C46H43N. The van der Waals surface area contributed by atoms with Crippen molar-refractivity contribution in [1.82, 2.24) is 0 Å². The highest BCUT2D eigenvalue weighted by molar-refractivity contribution is 5.93. The summed E-state index contributed by atoms with van der Waals surface area (Å²) in [4.78, 5) is 2.53. The summed E-state index contributed by atoms with van der Waals surface area (Å²) in [6, 6.07) is 39.1. The minimum atomic E-state index is -0.137. The number of anilines is 3. The molecule has 47 heavy (non-hydrogen) atoms. The minimum absolute atomic E-state index is 0.000820. The molecule has 8 rings (SSSR count). The van der Waals surface area contributed by atoms with Crippen molar-refractivity contribution in [3.8, 4) is 22.3 Å². The van der Waals surface area contributed by atoms with Crippen LogP contribution in [0.1, 0.15) is 81.8 Å². The Morgan fingerprint density at radius 3 is 1.74 bits per heavy atom. The fraction of sp³-hybridized carbons (Fsp3) is 0.217. The quantitative estimate of drug-likeness (QED) is 0.183. The van der Waals surface area contributed by atoms with Crippen LogP contribution in [0.25, 0.3) is 27.8 Å². The number of benzene rings is 5. The van der Waals surface area contributed by atoms with Crippen molar-refractivity contribution in [2.45, 2.75) is 64.7 Å². The van der Waals surface area contributed by atoms with Crippen LogP contribution >= 0.6 is 0 Å². The van der Waals surface area contributed by atoms with Crippen LogP contribution in [0.15, 0.2) is 134 Å². The maximum Gasteiger partial charge on any atom is 0.0543 e. The van der Waals surface area contributed by atoms with Gasteiger partial charge in [-0.15, -0.1) is 0 Å².